The number of halogens is 3. The van der Waals surface area contributed by atoms with Crippen LogP contribution in [0.5, 0.6) is 5.75 Å². The Morgan fingerprint density at radius 3 is 2.07 bits per heavy atom. The van der Waals surface area contributed by atoms with E-state index in [1.54, 1.807) is 12.0 Å². The third-order valence-corrected chi connectivity index (χ3v) is 19.9. The number of amides is 1. The highest BCUT2D eigenvalue weighted by Gasteiger charge is 2.64. The molecule has 1 amide bonds. The van der Waals surface area contributed by atoms with Crippen LogP contribution in [0.3, 0.4) is 0 Å². The van der Waals surface area contributed by atoms with Crippen molar-refractivity contribution in [3.05, 3.63) is 182 Å². The minimum Gasteiger partial charge on any atom is -0.497 e. The number of benzene rings is 4. The third-order valence-electron chi connectivity index (χ3n) is 18.4. The van der Waals surface area contributed by atoms with Gasteiger partial charge in [0.1, 0.15) is 59.5 Å². The zero-order valence-corrected chi connectivity index (χ0v) is 52.5. The maximum absolute atomic E-state index is 13.9. The number of aliphatic hydroxyl groups excluding tert-OH is 2. The summed E-state index contributed by atoms with van der Waals surface area (Å²) in [5.74, 6) is 0.877. The van der Waals surface area contributed by atoms with E-state index in [9.17, 15) is 15.0 Å². The van der Waals surface area contributed by atoms with Gasteiger partial charge in [0.25, 0.3) is 0 Å². The molecule has 4 N–H and O–H groups in total. The molecule has 0 bridgehead atoms. The molecule has 9 heterocycles. The highest BCUT2D eigenvalue weighted by Crippen LogP contribution is 2.61. The maximum Gasteiger partial charge on any atom is 0.416 e. The van der Waals surface area contributed by atoms with Crippen molar-refractivity contribution in [3.8, 4) is 5.75 Å². The Hall–Kier alpha value is -7.18. The van der Waals surface area contributed by atoms with E-state index in [4.69, 9.17) is 50.7 Å². The number of hydrogen-bond donors (Lipinski definition) is 3. The quantitative estimate of drug-likeness (QED) is 0.108. The summed E-state index contributed by atoms with van der Waals surface area (Å²) in [6.07, 6.45) is 6.65. The van der Waals surface area contributed by atoms with Crippen LogP contribution < -0.4 is 15.4 Å². The number of methoxy groups -OCH3 is 1. The minimum absolute atomic E-state index is 0.0332. The average Bonchev–Trinajstić information content (AvgIpc) is 1.71. The standard InChI is InChI=1S/C42H39BrClN5O6.C24H24BrN5O3/c1-41(2)54-35-33(48-16-15-30-37(44)45-24-46-38(30)48)19-42(36(35)55-41)20-34(53-23-42)28-12-11-27-17-31(43)39(47-32(27)18-28)49(21-25-9-13-29(51-3)14-10-25)40(50)52-22-26-7-5-4-6-8-26;1-12-15-4-5-30(23(15)28-11-27-12)18-8-24(21(32)20(18)31)9-19(33-10-24)14-3-2-13-6-16(25)22(26)29-17(13)7-14/h4-18,24,33-36H,19-23H2,1-3H3;2-7,11,18-21,31-32H,8-10H2,1H3,(H2,26,29)/t33-,34-,35+,36+,42-;18-,19-,20+,21+,24-/m11/s1. The van der Waals surface area contributed by atoms with Gasteiger partial charge in [-0.1, -0.05) is 78.3 Å². The number of anilines is 2. The fraction of sp³-hybridized carbons (Fsp3) is 0.348. The van der Waals surface area contributed by atoms with Gasteiger partial charge in [0.2, 0.25) is 0 Å². The zero-order chi connectivity index (χ0) is 60.8. The van der Waals surface area contributed by atoms with Crippen molar-refractivity contribution >= 4 is 105 Å². The molecule has 2 saturated carbocycles. The summed E-state index contributed by atoms with van der Waals surface area (Å²) in [7, 11) is 1.62. The molecule has 5 aliphatic rings. The highest BCUT2D eigenvalue weighted by atomic mass is 79.9. The monoisotopic (exact) mass is 1330 g/mol. The summed E-state index contributed by atoms with van der Waals surface area (Å²) in [6, 6.07) is 37.0. The van der Waals surface area contributed by atoms with Crippen LogP contribution in [0.15, 0.2) is 149 Å². The van der Waals surface area contributed by atoms with E-state index in [0.717, 1.165) is 94.9 Å². The molecule has 19 nitrogen and oxygen atoms in total. The first-order chi connectivity index (χ1) is 42.5. The fourth-order valence-electron chi connectivity index (χ4n) is 14.0. The SMILES string of the molecule is COc1ccc(CN(C(=O)OCc2ccccc2)c2nc3cc([C@H]4C[C@@]5(CO4)C[C@@H](n4ccc6c(Cl)ncnc64)[C@@H]4OC(C)(C)O[C@@H]45)ccc3cc2Br)cc1.Cc1ncnc2c1ccn2[C@@H]1C[C@@]2(CO[C@@H](c3ccc4cc(Br)c(N)nc4c3)C2)[C@@H](O)[C@H]1O. The predicted octanol–water partition coefficient (Wildman–Crippen LogP) is 12.8. The Balaban J connectivity index is 0.000000175. The molecule has 15 rings (SSSR count). The number of aryl methyl sites for hydroxylation is 1. The molecule has 3 aliphatic heterocycles. The molecule has 10 atom stereocenters. The Kier molecular flexibility index (Phi) is 15.3. The van der Waals surface area contributed by atoms with Crippen molar-refractivity contribution in [2.45, 2.75) is 114 Å². The summed E-state index contributed by atoms with van der Waals surface area (Å²) in [5.41, 5.74) is 12.9. The number of hydrogen-bond acceptors (Lipinski definition) is 16. The Bertz CT molecular complexity index is 4310. The van der Waals surface area contributed by atoms with E-state index in [1.807, 2.05) is 135 Å². The molecule has 452 valence electrons. The number of carbonyl (C=O) groups excluding carboxylic acids is 1. The molecule has 22 heteroatoms. The smallest absolute Gasteiger partial charge is 0.416 e. The van der Waals surface area contributed by atoms with Gasteiger partial charge in [-0.15, -0.1) is 0 Å². The van der Waals surface area contributed by atoms with E-state index < -0.39 is 29.5 Å². The molecule has 3 saturated heterocycles. The van der Waals surface area contributed by atoms with Gasteiger partial charge in [-0.2, -0.15) is 0 Å². The van der Waals surface area contributed by atoms with Crippen LogP contribution in [0.25, 0.3) is 43.9 Å². The largest absolute Gasteiger partial charge is 0.497 e. The van der Waals surface area contributed by atoms with Gasteiger partial charge >= 0.3 is 6.09 Å². The van der Waals surface area contributed by atoms with Crippen LogP contribution in [0.4, 0.5) is 16.4 Å². The van der Waals surface area contributed by atoms with Crippen LogP contribution in [-0.4, -0.2) is 106 Å². The van der Waals surface area contributed by atoms with E-state index >= 15 is 0 Å². The molecule has 0 radical (unpaired) electrons. The summed E-state index contributed by atoms with van der Waals surface area (Å²) in [6.45, 7) is 7.14. The molecular weight excluding hydrogens is 1270 g/mol. The van der Waals surface area contributed by atoms with Crippen LogP contribution >= 0.6 is 43.5 Å². The van der Waals surface area contributed by atoms with Crippen molar-refractivity contribution < 1.29 is 43.4 Å². The fourth-order valence-corrected chi connectivity index (χ4v) is 15.1. The van der Waals surface area contributed by atoms with E-state index in [2.05, 4.69) is 79.5 Å². The van der Waals surface area contributed by atoms with Gasteiger partial charge in [0, 0.05) is 39.4 Å². The van der Waals surface area contributed by atoms with Gasteiger partial charge < -0.3 is 53.5 Å². The summed E-state index contributed by atoms with van der Waals surface area (Å²) < 4.78 is 42.9. The van der Waals surface area contributed by atoms with Crippen molar-refractivity contribution in [2.75, 3.05) is 31.0 Å². The first-order valence-corrected chi connectivity index (χ1v) is 31.2. The molecule has 2 spiro atoms. The van der Waals surface area contributed by atoms with E-state index in [-0.39, 0.29) is 55.1 Å². The normalized spacial score (nSPS) is 26.1. The van der Waals surface area contributed by atoms with Gasteiger partial charge in [-0.25, -0.2) is 34.7 Å². The van der Waals surface area contributed by atoms with Crippen molar-refractivity contribution in [1.29, 1.82) is 0 Å². The van der Waals surface area contributed by atoms with Gasteiger partial charge in [0.05, 0.1) is 94.4 Å². The van der Waals surface area contributed by atoms with Crippen LogP contribution in [0.2, 0.25) is 5.15 Å². The van der Waals surface area contributed by atoms with Crippen LogP contribution in [0.1, 0.15) is 91.8 Å². The lowest BCUT2D eigenvalue weighted by Crippen LogP contribution is -2.37. The number of nitrogen functional groups attached to an aromatic ring is 1. The molecule has 88 heavy (non-hydrogen) atoms. The molecule has 2 aliphatic carbocycles. The second kappa shape index (κ2) is 23.0. The topological polar surface area (TPSA) is 229 Å². The average molecular weight is 1340 g/mol. The van der Waals surface area contributed by atoms with Gasteiger partial charge in [-0.3, -0.25) is 4.90 Å². The number of pyridine rings is 2. The number of carbonyl (C=O) groups is 1. The Morgan fingerprint density at radius 2 is 1.35 bits per heavy atom. The van der Waals surface area contributed by atoms with Crippen LogP contribution in [0, 0.1) is 17.8 Å². The number of nitrogens with two attached hydrogens (primary N) is 1. The van der Waals surface area contributed by atoms with Crippen molar-refractivity contribution in [2.24, 2.45) is 10.8 Å². The predicted molar refractivity (Wildman–Crippen MR) is 339 cm³/mol. The lowest BCUT2D eigenvalue weighted by Gasteiger charge is -2.30. The second-order valence-electron chi connectivity index (χ2n) is 24.3. The van der Waals surface area contributed by atoms with E-state index in [1.165, 1.54) is 12.7 Å². The zero-order valence-electron chi connectivity index (χ0n) is 48.5. The maximum atomic E-state index is 13.9. The van der Waals surface area contributed by atoms with Crippen molar-refractivity contribution in [1.82, 2.24) is 39.0 Å². The molecular formula is C66H63Br2ClN10O9. The summed E-state index contributed by atoms with van der Waals surface area (Å²) >= 11 is 13.6. The van der Waals surface area contributed by atoms with Gasteiger partial charge in [-0.05, 0) is 149 Å². The first kappa shape index (κ1) is 58.5. The van der Waals surface area contributed by atoms with Crippen LogP contribution in [-0.2, 0) is 36.8 Å². The third kappa shape index (κ3) is 10.6. The lowest BCUT2D eigenvalue weighted by atomic mass is 9.80. The number of aromatic nitrogens is 8. The van der Waals surface area contributed by atoms with Gasteiger partial charge in [0.15, 0.2) is 11.6 Å². The molecule has 6 aromatic heterocycles. The molecule has 10 aromatic rings. The first-order valence-electron chi connectivity index (χ1n) is 29.2. The Morgan fingerprint density at radius 1 is 0.727 bits per heavy atom. The molecule has 5 fully saturated rings. The highest BCUT2D eigenvalue weighted by molar-refractivity contribution is 9.11. The Labute approximate surface area is 528 Å². The summed E-state index contributed by atoms with van der Waals surface area (Å²) in [4.78, 5) is 42.4. The van der Waals surface area contributed by atoms with Crippen molar-refractivity contribution in [3.63, 3.8) is 0 Å². The molecule has 0 unspecified atom stereocenters. The van der Waals surface area contributed by atoms with E-state index in [0.29, 0.717) is 47.3 Å². The number of nitrogens with zero attached hydrogens (tertiary/aromatic N) is 9. The minimum atomic E-state index is -0.909. The second-order valence-corrected chi connectivity index (χ2v) is 26.4. The number of aliphatic hydroxyl groups is 2. The molecule has 4 aromatic carbocycles. The number of ether oxygens (including phenoxy) is 6. The summed E-state index contributed by atoms with van der Waals surface area (Å²) in [5, 5.41) is 26.3. The number of rotatable bonds is 10. The number of fused-ring (bicyclic) bond motifs is 6. The lowest BCUT2D eigenvalue weighted by molar-refractivity contribution is -0.169.